The van der Waals surface area contributed by atoms with Crippen molar-refractivity contribution in [2.45, 2.75) is 32.4 Å². The number of ether oxygens (including phenoxy) is 1. The summed E-state index contributed by atoms with van der Waals surface area (Å²) in [5.74, 6) is -0.288. The van der Waals surface area contributed by atoms with E-state index >= 15 is 0 Å². The summed E-state index contributed by atoms with van der Waals surface area (Å²) in [5, 5.41) is 12.5. The Labute approximate surface area is 108 Å². The maximum Gasteiger partial charge on any atom is 0.307 e. The molecular formula is C14H21NO3. The Bertz CT molecular complexity index is 353. The van der Waals surface area contributed by atoms with Crippen molar-refractivity contribution < 1.29 is 14.6 Å². The van der Waals surface area contributed by atoms with Gasteiger partial charge in [0.25, 0.3) is 0 Å². The fourth-order valence-corrected chi connectivity index (χ4v) is 1.79. The van der Waals surface area contributed by atoms with Gasteiger partial charge in [-0.05, 0) is 19.4 Å². The fraction of sp³-hybridized carbons (Fsp3) is 0.500. The molecule has 1 aromatic carbocycles. The van der Waals surface area contributed by atoms with Crippen LogP contribution in [0.15, 0.2) is 30.3 Å². The Morgan fingerprint density at radius 1 is 1.39 bits per heavy atom. The summed E-state index contributed by atoms with van der Waals surface area (Å²) >= 11 is 0. The third-order valence-corrected chi connectivity index (χ3v) is 2.72. The van der Waals surface area contributed by atoms with Gasteiger partial charge >= 0.3 is 5.97 Å². The van der Waals surface area contributed by atoms with Gasteiger partial charge in [-0.1, -0.05) is 30.3 Å². The van der Waals surface area contributed by atoms with Gasteiger partial charge in [-0.15, -0.1) is 0 Å². The zero-order chi connectivity index (χ0) is 13.4. The zero-order valence-corrected chi connectivity index (χ0v) is 10.9. The van der Waals surface area contributed by atoms with Crippen molar-refractivity contribution in [2.24, 2.45) is 0 Å². The molecule has 0 spiro atoms. The van der Waals surface area contributed by atoms with Gasteiger partial charge in [-0.3, -0.25) is 4.79 Å². The summed E-state index contributed by atoms with van der Waals surface area (Å²) in [6.45, 7) is 4.05. The lowest BCUT2D eigenvalue weighted by molar-refractivity contribution is -0.144. The molecule has 2 unspecified atom stereocenters. The summed E-state index contributed by atoms with van der Waals surface area (Å²) in [4.78, 5) is 11.4. The minimum absolute atomic E-state index is 0.0813. The lowest BCUT2D eigenvalue weighted by Crippen LogP contribution is -2.36. The molecule has 0 amide bonds. The molecule has 1 aromatic rings. The van der Waals surface area contributed by atoms with Crippen LogP contribution in [-0.4, -0.2) is 30.3 Å². The highest BCUT2D eigenvalue weighted by atomic mass is 16.5. The van der Waals surface area contributed by atoms with Crippen molar-refractivity contribution in [1.29, 1.82) is 0 Å². The Kier molecular flexibility index (Phi) is 6.39. The van der Waals surface area contributed by atoms with Crippen LogP contribution in [0.3, 0.4) is 0 Å². The minimum Gasteiger partial charge on any atom is -0.466 e. The number of aliphatic hydroxyl groups is 1. The van der Waals surface area contributed by atoms with Crippen LogP contribution in [0.25, 0.3) is 0 Å². The number of hydrogen-bond acceptors (Lipinski definition) is 4. The van der Waals surface area contributed by atoms with Gasteiger partial charge in [0, 0.05) is 12.1 Å². The number of nitrogens with one attached hydrogen (secondary N) is 1. The number of hydrogen-bond donors (Lipinski definition) is 2. The second-order valence-corrected chi connectivity index (χ2v) is 4.19. The van der Waals surface area contributed by atoms with Crippen molar-refractivity contribution in [3.8, 4) is 0 Å². The first-order valence-corrected chi connectivity index (χ1v) is 6.24. The molecule has 0 saturated carbocycles. The van der Waals surface area contributed by atoms with Crippen molar-refractivity contribution in [1.82, 2.24) is 5.32 Å². The van der Waals surface area contributed by atoms with Crippen molar-refractivity contribution in [2.75, 3.05) is 13.2 Å². The third kappa shape index (κ3) is 4.85. The van der Waals surface area contributed by atoms with Crippen LogP contribution in [0.5, 0.6) is 0 Å². The number of rotatable bonds is 7. The monoisotopic (exact) mass is 251 g/mol. The van der Waals surface area contributed by atoms with E-state index in [0.29, 0.717) is 6.61 Å². The summed E-state index contributed by atoms with van der Waals surface area (Å²) in [6.07, 6.45) is 0.182. The summed E-state index contributed by atoms with van der Waals surface area (Å²) < 4.78 is 4.87. The van der Waals surface area contributed by atoms with Crippen LogP contribution in [0, 0.1) is 0 Å². The highest BCUT2D eigenvalue weighted by molar-refractivity contribution is 5.70. The van der Waals surface area contributed by atoms with Crippen LogP contribution in [-0.2, 0) is 9.53 Å². The van der Waals surface area contributed by atoms with E-state index in [1.165, 1.54) is 0 Å². The van der Waals surface area contributed by atoms with E-state index in [1.54, 1.807) is 6.92 Å². The first-order chi connectivity index (χ1) is 8.67. The van der Waals surface area contributed by atoms with Gasteiger partial charge in [0.15, 0.2) is 0 Å². The molecule has 2 atom stereocenters. The molecule has 4 heteroatoms. The summed E-state index contributed by atoms with van der Waals surface area (Å²) in [5.41, 5.74) is 1.12. The zero-order valence-electron chi connectivity index (χ0n) is 10.9. The van der Waals surface area contributed by atoms with E-state index < -0.39 is 0 Å². The Hall–Kier alpha value is -1.39. The molecule has 0 aliphatic heterocycles. The van der Waals surface area contributed by atoms with Crippen LogP contribution in [0.2, 0.25) is 0 Å². The Morgan fingerprint density at radius 3 is 2.61 bits per heavy atom. The molecule has 1 rings (SSSR count). The quantitative estimate of drug-likeness (QED) is 0.723. The summed E-state index contributed by atoms with van der Waals surface area (Å²) in [7, 11) is 0. The van der Waals surface area contributed by atoms with E-state index in [4.69, 9.17) is 4.74 Å². The molecule has 0 aromatic heterocycles. The lowest BCUT2D eigenvalue weighted by atomic mass is 10.1. The van der Waals surface area contributed by atoms with Crippen molar-refractivity contribution >= 4 is 5.97 Å². The molecule has 0 radical (unpaired) electrons. The standard InChI is InChI=1S/C14H21NO3/c1-3-18-14(17)9-13(10-16)15-11(2)12-7-5-4-6-8-12/h4-8,11,13,15-16H,3,9-10H2,1-2H3. The van der Waals surface area contributed by atoms with E-state index in [1.807, 2.05) is 37.3 Å². The SMILES string of the molecule is CCOC(=O)CC(CO)NC(C)c1ccccc1. The Morgan fingerprint density at radius 2 is 2.06 bits per heavy atom. The van der Waals surface area contributed by atoms with Gasteiger partial charge in [0.05, 0.1) is 19.6 Å². The summed E-state index contributed by atoms with van der Waals surface area (Å²) in [6, 6.07) is 9.71. The highest BCUT2D eigenvalue weighted by Gasteiger charge is 2.16. The van der Waals surface area contributed by atoms with Gasteiger partial charge in [-0.2, -0.15) is 0 Å². The second kappa shape index (κ2) is 7.84. The van der Waals surface area contributed by atoms with E-state index in [2.05, 4.69) is 5.32 Å². The number of carbonyl (C=O) groups excluding carboxylic acids is 1. The van der Waals surface area contributed by atoms with Gasteiger partial charge in [-0.25, -0.2) is 0 Å². The molecule has 0 saturated heterocycles. The average Bonchev–Trinajstić information content (AvgIpc) is 2.39. The predicted octanol–water partition coefficient (Wildman–Crippen LogP) is 1.65. The first-order valence-electron chi connectivity index (χ1n) is 6.24. The molecule has 2 N–H and O–H groups in total. The number of aliphatic hydroxyl groups excluding tert-OH is 1. The maximum atomic E-state index is 11.4. The van der Waals surface area contributed by atoms with Crippen LogP contribution >= 0.6 is 0 Å². The molecular weight excluding hydrogens is 230 g/mol. The third-order valence-electron chi connectivity index (χ3n) is 2.72. The normalized spacial score (nSPS) is 13.9. The van der Waals surface area contributed by atoms with Crippen LogP contribution < -0.4 is 5.32 Å². The lowest BCUT2D eigenvalue weighted by Gasteiger charge is -2.21. The molecule has 0 bridgehead atoms. The van der Waals surface area contributed by atoms with E-state index in [0.717, 1.165) is 5.56 Å². The molecule has 100 valence electrons. The molecule has 18 heavy (non-hydrogen) atoms. The smallest absolute Gasteiger partial charge is 0.307 e. The van der Waals surface area contributed by atoms with Gasteiger partial charge in [0.1, 0.15) is 0 Å². The Balaban J connectivity index is 2.50. The van der Waals surface area contributed by atoms with Crippen molar-refractivity contribution in [3.63, 3.8) is 0 Å². The average molecular weight is 251 g/mol. The fourth-order valence-electron chi connectivity index (χ4n) is 1.79. The predicted molar refractivity (Wildman–Crippen MR) is 70.1 cm³/mol. The number of carbonyl (C=O) groups is 1. The second-order valence-electron chi connectivity index (χ2n) is 4.19. The van der Waals surface area contributed by atoms with Gasteiger partial charge in [0.2, 0.25) is 0 Å². The van der Waals surface area contributed by atoms with Crippen molar-refractivity contribution in [3.05, 3.63) is 35.9 Å². The largest absolute Gasteiger partial charge is 0.466 e. The van der Waals surface area contributed by atoms with E-state index in [9.17, 15) is 9.90 Å². The van der Waals surface area contributed by atoms with E-state index in [-0.39, 0.29) is 31.1 Å². The van der Waals surface area contributed by atoms with Crippen LogP contribution in [0.4, 0.5) is 0 Å². The molecule has 0 aliphatic rings. The minimum atomic E-state index is -0.288. The molecule has 0 aliphatic carbocycles. The number of esters is 1. The van der Waals surface area contributed by atoms with Crippen LogP contribution in [0.1, 0.15) is 31.9 Å². The highest BCUT2D eigenvalue weighted by Crippen LogP contribution is 2.12. The van der Waals surface area contributed by atoms with Gasteiger partial charge < -0.3 is 15.2 Å². The number of benzene rings is 1. The molecule has 0 fully saturated rings. The topological polar surface area (TPSA) is 58.6 Å². The molecule has 0 heterocycles. The maximum absolute atomic E-state index is 11.4. The first kappa shape index (κ1) is 14.7. The molecule has 4 nitrogen and oxygen atoms in total.